The van der Waals surface area contributed by atoms with Crippen LogP contribution in [0.3, 0.4) is 0 Å². The molecule has 0 aromatic heterocycles. The molecule has 2 aliphatic rings. The van der Waals surface area contributed by atoms with Gasteiger partial charge in [0.05, 0.1) is 6.10 Å². The van der Waals surface area contributed by atoms with Crippen LogP contribution in [0.5, 0.6) is 5.75 Å². The van der Waals surface area contributed by atoms with Crippen LogP contribution in [0.25, 0.3) is 0 Å². The van der Waals surface area contributed by atoms with E-state index in [-0.39, 0.29) is 12.2 Å². The Bertz CT molecular complexity index is 550. The molecule has 1 heterocycles. The molecule has 0 bridgehead atoms. The van der Waals surface area contributed by atoms with Crippen molar-refractivity contribution in [3.8, 4) is 5.75 Å². The standard InChI is InChI=1S/C13H12O5/c14-8-3-1-2-7-11(8)9(15)6-13(12(7)17)5-4-10(16)18-13/h1-5,9,12,14-15,17H,6H2/t9-,12+,13-/m1/s1. The highest BCUT2D eigenvalue weighted by Gasteiger charge is 2.50. The van der Waals surface area contributed by atoms with Crippen LogP contribution in [0.15, 0.2) is 30.4 Å². The van der Waals surface area contributed by atoms with Crippen LogP contribution < -0.4 is 0 Å². The molecular formula is C13H12O5. The second-order valence-electron chi connectivity index (χ2n) is 4.61. The van der Waals surface area contributed by atoms with Gasteiger partial charge in [0.2, 0.25) is 0 Å². The third-order valence-corrected chi connectivity index (χ3v) is 3.51. The van der Waals surface area contributed by atoms with Crippen molar-refractivity contribution in [3.63, 3.8) is 0 Å². The fourth-order valence-electron chi connectivity index (χ4n) is 2.67. The minimum Gasteiger partial charge on any atom is -0.508 e. The van der Waals surface area contributed by atoms with Crippen molar-refractivity contribution in [2.45, 2.75) is 24.2 Å². The molecule has 0 fully saturated rings. The number of rotatable bonds is 0. The van der Waals surface area contributed by atoms with Crippen molar-refractivity contribution in [2.75, 3.05) is 0 Å². The lowest BCUT2D eigenvalue weighted by Crippen LogP contribution is -2.41. The normalized spacial score (nSPS) is 33.6. The number of hydrogen-bond donors (Lipinski definition) is 3. The molecule has 1 aliphatic heterocycles. The van der Waals surface area contributed by atoms with E-state index in [0.717, 1.165) is 0 Å². The zero-order chi connectivity index (χ0) is 12.9. The highest BCUT2D eigenvalue weighted by molar-refractivity contribution is 5.85. The van der Waals surface area contributed by atoms with Crippen molar-refractivity contribution in [1.82, 2.24) is 0 Å². The fraction of sp³-hybridized carbons (Fsp3) is 0.308. The third-order valence-electron chi connectivity index (χ3n) is 3.51. The summed E-state index contributed by atoms with van der Waals surface area (Å²) in [6.07, 6.45) is 0.659. The SMILES string of the molecule is O=C1C=C[C@]2(C[C@@H](O)c3c(O)cccc3[C@@H]2O)O1. The maximum absolute atomic E-state index is 11.2. The summed E-state index contributed by atoms with van der Waals surface area (Å²) in [5.74, 6) is -0.605. The summed E-state index contributed by atoms with van der Waals surface area (Å²) in [7, 11) is 0. The Morgan fingerprint density at radius 3 is 2.78 bits per heavy atom. The highest BCUT2D eigenvalue weighted by Crippen LogP contribution is 2.49. The Labute approximate surface area is 103 Å². The van der Waals surface area contributed by atoms with Crippen molar-refractivity contribution >= 4 is 5.97 Å². The number of carbonyl (C=O) groups excluding carboxylic acids is 1. The van der Waals surface area contributed by atoms with Crippen molar-refractivity contribution in [1.29, 1.82) is 0 Å². The number of phenols is 1. The smallest absolute Gasteiger partial charge is 0.331 e. The van der Waals surface area contributed by atoms with E-state index in [4.69, 9.17) is 4.74 Å². The monoisotopic (exact) mass is 248 g/mol. The number of hydrogen-bond acceptors (Lipinski definition) is 5. The number of aromatic hydroxyl groups is 1. The van der Waals surface area contributed by atoms with Crippen LogP contribution in [-0.2, 0) is 9.53 Å². The van der Waals surface area contributed by atoms with E-state index in [1.54, 1.807) is 12.1 Å². The van der Waals surface area contributed by atoms with Gasteiger partial charge in [0, 0.05) is 18.1 Å². The van der Waals surface area contributed by atoms with E-state index in [1.165, 1.54) is 18.2 Å². The number of aliphatic hydroxyl groups is 2. The maximum Gasteiger partial charge on any atom is 0.331 e. The summed E-state index contributed by atoms with van der Waals surface area (Å²) in [6.45, 7) is 0. The van der Waals surface area contributed by atoms with Gasteiger partial charge >= 0.3 is 5.97 Å². The summed E-state index contributed by atoms with van der Waals surface area (Å²) >= 11 is 0. The lowest BCUT2D eigenvalue weighted by Gasteiger charge is -2.39. The first-order chi connectivity index (χ1) is 8.53. The Morgan fingerprint density at radius 2 is 2.11 bits per heavy atom. The third kappa shape index (κ3) is 1.38. The van der Waals surface area contributed by atoms with Crippen molar-refractivity contribution in [3.05, 3.63) is 41.5 Å². The van der Waals surface area contributed by atoms with E-state index >= 15 is 0 Å². The van der Waals surface area contributed by atoms with E-state index in [0.29, 0.717) is 11.1 Å². The van der Waals surface area contributed by atoms with Gasteiger partial charge in [-0.05, 0) is 17.7 Å². The first-order valence-corrected chi connectivity index (χ1v) is 5.63. The van der Waals surface area contributed by atoms with Gasteiger partial charge in [-0.2, -0.15) is 0 Å². The van der Waals surface area contributed by atoms with Gasteiger partial charge < -0.3 is 20.1 Å². The number of carbonyl (C=O) groups is 1. The van der Waals surface area contributed by atoms with Crippen LogP contribution in [0.2, 0.25) is 0 Å². The van der Waals surface area contributed by atoms with Crippen molar-refractivity contribution < 1.29 is 24.9 Å². The molecule has 1 aromatic rings. The molecule has 18 heavy (non-hydrogen) atoms. The number of phenolic OH excluding ortho intramolecular Hbond substituents is 1. The lowest BCUT2D eigenvalue weighted by molar-refractivity contribution is -0.161. The Hall–Kier alpha value is -1.85. The number of ether oxygens (including phenoxy) is 1. The molecule has 3 N–H and O–H groups in total. The van der Waals surface area contributed by atoms with Gasteiger partial charge in [-0.3, -0.25) is 0 Å². The molecule has 0 saturated heterocycles. The molecular weight excluding hydrogens is 236 g/mol. The summed E-state index contributed by atoms with van der Waals surface area (Å²) in [6, 6.07) is 4.62. The molecule has 0 amide bonds. The topological polar surface area (TPSA) is 87.0 Å². The molecule has 3 atom stereocenters. The second kappa shape index (κ2) is 3.57. The Kier molecular flexibility index (Phi) is 2.23. The van der Waals surface area contributed by atoms with Crippen LogP contribution in [0.4, 0.5) is 0 Å². The summed E-state index contributed by atoms with van der Waals surface area (Å²) in [4.78, 5) is 11.2. The maximum atomic E-state index is 11.2. The van der Waals surface area contributed by atoms with Gasteiger partial charge in [0.25, 0.3) is 0 Å². The predicted molar refractivity (Wildman–Crippen MR) is 60.6 cm³/mol. The quantitative estimate of drug-likeness (QED) is 0.589. The Morgan fingerprint density at radius 1 is 1.33 bits per heavy atom. The molecule has 0 radical (unpaired) electrons. The van der Waals surface area contributed by atoms with E-state index in [2.05, 4.69) is 0 Å². The predicted octanol–water partition coefficient (Wildman–Crippen LogP) is 0.714. The van der Waals surface area contributed by atoms with E-state index in [9.17, 15) is 20.1 Å². The average Bonchev–Trinajstić information content (AvgIpc) is 2.68. The molecule has 94 valence electrons. The minimum absolute atomic E-state index is 0.0288. The zero-order valence-corrected chi connectivity index (χ0v) is 9.41. The van der Waals surface area contributed by atoms with Gasteiger partial charge in [0.15, 0.2) is 5.60 Å². The summed E-state index contributed by atoms with van der Waals surface area (Å²) in [5, 5.41) is 30.1. The average molecular weight is 248 g/mol. The molecule has 0 unspecified atom stereocenters. The van der Waals surface area contributed by atoms with E-state index < -0.39 is 23.8 Å². The number of aliphatic hydroxyl groups excluding tert-OH is 2. The molecule has 0 saturated carbocycles. The lowest BCUT2D eigenvalue weighted by atomic mass is 9.76. The summed E-state index contributed by atoms with van der Waals surface area (Å²) in [5.41, 5.74) is -0.544. The van der Waals surface area contributed by atoms with Gasteiger partial charge in [0.1, 0.15) is 11.9 Å². The fourth-order valence-corrected chi connectivity index (χ4v) is 2.67. The molecule has 3 rings (SSSR count). The van der Waals surface area contributed by atoms with Crippen LogP contribution >= 0.6 is 0 Å². The number of fused-ring (bicyclic) bond motifs is 1. The van der Waals surface area contributed by atoms with Gasteiger partial charge in [-0.15, -0.1) is 0 Å². The molecule has 1 aliphatic carbocycles. The van der Waals surface area contributed by atoms with Crippen LogP contribution in [0, 0.1) is 0 Å². The first kappa shape index (κ1) is 11.3. The highest BCUT2D eigenvalue weighted by atomic mass is 16.6. The number of benzene rings is 1. The molecule has 1 aromatic carbocycles. The van der Waals surface area contributed by atoms with Crippen LogP contribution in [-0.4, -0.2) is 26.9 Å². The Balaban J connectivity index is 2.13. The first-order valence-electron chi connectivity index (χ1n) is 5.63. The zero-order valence-electron chi connectivity index (χ0n) is 9.41. The van der Waals surface area contributed by atoms with Crippen LogP contribution in [0.1, 0.15) is 29.8 Å². The second-order valence-corrected chi connectivity index (χ2v) is 4.61. The van der Waals surface area contributed by atoms with Gasteiger partial charge in [-0.1, -0.05) is 12.1 Å². The van der Waals surface area contributed by atoms with Gasteiger partial charge in [-0.25, -0.2) is 4.79 Å². The number of esters is 1. The largest absolute Gasteiger partial charge is 0.508 e. The molecule has 5 nitrogen and oxygen atoms in total. The molecule has 5 heteroatoms. The minimum atomic E-state index is -1.22. The van der Waals surface area contributed by atoms with E-state index in [1.807, 2.05) is 0 Å². The van der Waals surface area contributed by atoms with Crippen molar-refractivity contribution in [2.24, 2.45) is 0 Å². The summed E-state index contributed by atoms with van der Waals surface area (Å²) < 4.78 is 5.13. The molecule has 1 spiro atoms.